The number of alkyl halides is 2. The van der Waals surface area contributed by atoms with Crippen molar-refractivity contribution in [2.45, 2.75) is 12.2 Å². The topological polar surface area (TPSA) is 61.8 Å². The molecule has 0 unspecified atom stereocenters. The Morgan fingerprint density at radius 2 is 2.37 bits per heavy atom. The fourth-order valence-electron chi connectivity index (χ4n) is 2.21. The summed E-state index contributed by atoms with van der Waals surface area (Å²) in [6.07, 6.45) is -3.32. The maximum absolute atomic E-state index is 13.5. The minimum atomic E-state index is -3.32. The molecule has 5 nitrogen and oxygen atoms in total. The standard InChI is InChI=1S/C10H9BrF2N2O3S/c11-8-6-5-7(19-8)9(17)14-4(2-16)1-15(5)3-10(12,13)18-6/h4,16H,1-3H2,(H,14,17)/t4-/m1/s1. The molecular weight excluding hydrogens is 346 g/mol. The van der Waals surface area contributed by atoms with Crippen molar-refractivity contribution in [1.82, 2.24) is 5.32 Å². The summed E-state index contributed by atoms with van der Waals surface area (Å²) in [5, 5.41) is 11.8. The number of ether oxygens (including phenoxy) is 1. The maximum Gasteiger partial charge on any atom is 0.416 e. The van der Waals surface area contributed by atoms with Gasteiger partial charge in [0.25, 0.3) is 5.91 Å². The van der Waals surface area contributed by atoms with E-state index in [0.717, 1.165) is 11.3 Å². The van der Waals surface area contributed by atoms with Crippen LogP contribution in [-0.2, 0) is 0 Å². The molecule has 0 aromatic carbocycles. The highest BCUT2D eigenvalue weighted by Gasteiger charge is 2.46. The molecule has 3 rings (SSSR count). The van der Waals surface area contributed by atoms with Crippen molar-refractivity contribution in [3.8, 4) is 5.75 Å². The fourth-order valence-corrected chi connectivity index (χ4v) is 3.85. The van der Waals surface area contributed by atoms with E-state index in [2.05, 4.69) is 26.0 Å². The molecule has 2 N–H and O–H groups in total. The second kappa shape index (κ2) is 4.29. The van der Waals surface area contributed by atoms with Crippen molar-refractivity contribution < 1.29 is 23.4 Å². The number of hydrogen-bond donors (Lipinski definition) is 2. The second-order valence-corrected chi connectivity index (χ2v) is 6.69. The minimum Gasteiger partial charge on any atom is -0.427 e. The molecule has 0 bridgehead atoms. The van der Waals surface area contributed by atoms with Crippen LogP contribution < -0.4 is 15.0 Å². The number of rotatable bonds is 1. The van der Waals surface area contributed by atoms with E-state index in [4.69, 9.17) is 5.11 Å². The Morgan fingerprint density at radius 1 is 1.63 bits per heavy atom. The molecule has 0 spiro atoms. The predicted octanol–water partition coefficient (Wildman–Crippen LogP) is 1.41. The van der Waals surface area contributed by atoms with Crippen LogP contribution in [0.2, 0.25) is 0 Å². The molecule has 104 valence electrons. The third-order valence-electron chi connectivity index (χ3n) is 2.95. The summed E-state index contributed by atoms with van der Waals surface area (Å²) in [5.74, 6) is -0.396. The average molecular weight is 355 g/mol. The van der Waals surface area contributed by atoms with E-state index in [1.807, 2.05) is 0 Å². The van der Waals surface area contributed by atoms with Gasteiger partial charge in [-0.1, -0.05) is 0 Å². The first kappa shape index (κ1) is 13.1. The van der Waals surface area contributed by atoms with Gasteiger partial charge in [0.05, 0.1) is 12.6 Å². The molecule has 1 aromatic heterocycles. The molecule has 3 heterocycles. The summed E-state index contributed by atoms with van der Waals surface area (Å²) in [6, 6.07) is -0.576. The summed E-state index contributed by atoms with van der Waals surface area (Å²) < 4.78 is 32.1. The molecule has 0 radical (unpaired) electrons. The molecule has 0 aliphatic carbocycles. The minimum absolute atomic E-state index is 0.00927. The largest absolute Gasteiger partial charge is 0.427 e. The molecular formula is C10H9BrF2N2O3S. The SMILES string of the molecule is O=C1N[C@@H](CO)CN2CC(F)(F)Oc3c(Br)sc1c32. The monoisotopic (exact) mass is 354 g/mol. The van der Waals surface area contributed by atoms with Crippen LogP contribution in [0.4, 0.5) is 14.5 Å². The Morgan fingerprint density at radius 3 is 3.05 bits per heavy atom. The molecule has 1 amide bonds. The molecule has 0 saturated carbocycles. The normalized spacial score (nSPS) is 24.3. The third-order valence-corrected chi connectivity index (χ3v) is 4.74. The van der Waals surface area contributed by atoms with Crippen molar-refractivity contribution in [2.75, 3.05) is 24.6 Å². The lowest BCUT2D eigenvalue weighted by molar-refractivity contribution is -0.172. The number of aliphatic hydroxyl groups excluding tert-OH is 1. The molecule has 9 heteroatoms. The van der Waals surface area contributed by atoms with Crippen molar-refractivity contribution in [3.05, 3.63) is 8.66 Å². The van der Waals surface area contributed by atoms with Crippen LogP contribution in [0.1, 0.15) is 9.67 Å². The Labute approximate surface area is 119 Å². The average Bonchev–Trinajstić information content (AvgIpc) is 2.57. The van der Waals surface area contributed by atoms with Crippen LogP contribution in [0.3, 0.4) is 0 Å². The van der Waals surface area contributed by atoms with Crippen LogP contribution in [0.25, 0.3) is 0 Å². The molecule has 2 aliphatic heterocycles. The van der Waals surface area contributed by atoms with Crippen molar-refractivity contribution in [3.63, 3.8) is 0 Å². The molecule has 1 atom stereocenters. The number of nitrogens with one attached hydrogen (secondary N) is 1. The fraction of sp³-hybridized carbons (Fsp3) is 0.500. The molecule has 0 fully saturated rings. The summed E-state index contributed by atoms with van der Waals surface area (Å²) >= 11 is 4.18. The van der Waals surface area contributed by atoms with Crippen molar-refractivity contribution >= 4 is 38.9 Å². The number of amides is 1. The zero-order valence-corrected chi connectivity index (χ0v) is 11.9. The zero-order valence-electron chi connectivity index (χ0n) is 9.45. The van der Waals surface area contributed by atoms with E-state index < -0.39 is 18.7 Å². The summed E-state index contributed by atoms with van der Waals surface area (Å²) in [5.41, 5.74) is 0.372. The van der Waals surface area contributed by atoms with Gasteiger partial charge in [-0.3, -0.25) is 4.79 Å². The quantitative estimate of drug-likeness (QED) is 0.800. The van der Waals surface area contributed by atoms with Gasteiger partial charge in [0.1, 0.15) is 20.9 Å². The predicted molar refractivity (Wildman–Crippen MR) is 68.1 cm³/mol. The first-order chi connectivity index (χ1) is 8.91. The Kier molecular flexibility index (Phi) is 2.95. The van der Waals surface area contributed by atoms with Crippen molar-refractivity contribution in [2.24, 2.45) is 0 Å². The molecule has 0 saturated heterocycles. The number of thiophene rings is 1. The van der Waals surface area contributed by atoms with Gasteiger partial charge in [0.15, 0.2) is 5.75 Å². The number of carbonyl (C=O) groups excluding carboxylic acids is 1. The van der Waals surface area contributed by atoms with E-state index >= 15 is 0 Å². The van der Waals surface area contributed by atoms with Gasteiger partial charge < -0.3 is 20.1 Å². The Hall–Kier alpha value is -0.930. The number of anilines is 1. The number of halogens is 3. The highest BCUT2D eigenvalue weighted by molar-refractivity contribution is 9.11. The molecule has 1 aromatic rings. The maximum atomic E-state index is 13.5. The van der Waals surface area contributed by atoms with E-state index in [1.54, 1.807) is 0 Å². The van der Waals surface area contributed by atoms with Gasteiger partial charge in [-0.25, -0.2) is 0 Å². The summed E-state index contributed by atoms with van der Waals surface area (Å²) in [6.45, 7) is -0.827. The van der Waals surface area contributed by atoms with Gasteiger partial charge in [-0.2, -0.15) is 8.78 Å². The number of carbonyl (C=O) groups is 1. The number of nitrogens with zero attached hydrogens (tertiary/aromatic N) is 1. The van der Waals surface area contributed by atoms with E-state index in [1.165, 1.54) is 4.90 Å². The lowest BCUT2D eigenvalue weighted by Crippen LogP contribution is -2.49. The van der Waals surface area contributed by atoms with Crippen LogP contribution in [0.5, 0.6) is 5.75 Å². The van der Waals surface area contributed by atoms with Crippen LogP contribution in [-0.4, -0.2) is 42.9 Å². The number of aliphatic hydroxyl groups is 1. The summed E-state index contributed by atoms with van der Waals surface area (Å²) in [7, 11) is 0. The van der Waals surface area contributed by atoms with Gasteiger partial charge in [-0.05, 0) is 15.9 Å². The lowest BCUT2D eigenvalue weighted by Gasteiger charge is -2.34. The van der Waals surface area contributed by atoms with Crippen LogP contribution in [0, 0.1) is 0 Å². The van der Waals surface area contributed by atoms with Gasteiger partial charge in [-0.15, -0.1) is 11.3 Å². The molecule has 2 aliphatic rings. The highest BCUT2D eigenvalue weighted by Crippen LogP contribution is 2.51. The second-order valence-electron chi connectivity index (χ2n) is 4.36. The first-order valence-corrected chi connectivity index (χ1v) is 7.08. The Balaban J connectivity index is 2.12. The third kappa shape index (κ3) is 2.09. The van der Waals surface area contributed by atoms with Gasteiger partial charge in [0.2, 0.25) is 0 Å². The van der Waals surface area contributed by atoms with E-state index in [9.17, 15) is 13.6 Å². The zero-order chi connectivity index (χ0) is 13.8. The highest BCUT2D eigenvalue weighted by atomic mass is 79.9. The van der Waals surface area contributed by atoms with E-state index in [-0.39, 0.29) is 24.8 Å². The lowest BCUT2D eigenvalue weighted by atomic mass is 10.2. The van der Waals surface area contributed by atoms with E-state index in [0.29, 0.717) is 14.4 Å². The van der Waals surface area contributed by atoms with Gasteiger partial charge >= 0.3 is 6.11 Å². The molecule has 19 heavy (non-hydrogen) atoms. The van der Waals surface area contributed by atoms with Crippen molar-refractivity contribution in [1.29, 1.82) is 0 Å². The smallest absolute Gasteiger partial charge is 0.416 e. The van der Waals surface area contributed by atoms with Crippen LogP contribution in [0.15, 0.2) is 3.79 Å². The Bertz CT molecular complexity index is 551. The number of hydrogen-bond acceptors (Lipinski definition) is 5. The van der Waals surface area contributed by atoms with Crippen LogP contribution >= 0.6 is 27.3 Å². The van der Waals surface area contributed by atoms with Gasteiger partial charge in [0, 0.05) is 6.54 Å². The summed E-state index contributed by atoms with van der Waals surface area (Å²) in [4.78, 5) is 13.7. The first-order valence-electron chi connectivity index (χ1n) is 5.47.